The molecule has 0 aliphatic rings. The Kier molecular flexibility index (Phi) is 4.74. The van der Waals surface area contributed by atoms with Gasteiger partial charge < -0.3 is 5.11 Å². The van der Waals surface area contributed by atoms with E-state index in [2.05, 4.69) is 4.72 Å². The van der Waals surface area contributed by atoms with Crippen molar-refractivity contribution in [3.63, 3.8) is 0 Å². The van der Waals surface area contributed by atoms with Crippen molar-refractivity contribution in [1.29, 1.82) is 0 Å². The van der Waals surface area contributed by atoms with Crippen LogP contribution in [0.25, 0.3) is 0 Å². The Balaban J connectivity index is 2.40. The summed E-state index contributed by atoms with van der Waals surface area (Å²) in [6.07, 6.45) is 0. The molecular weight excluding hydrogens is 429 g/mol. The van der Waals surface area contributed by atoms with Crippen molar-refractivity contribution < 1.29 is 18.3 Å². The van der Waals surface area contributed by atoms with Crippen molar-refractivity contribution in [1.82, 2.24) is 0 Å². The quantitative estimate of drug-likeness (QED) is 0.718. The molecule has 0 heterocycles. The third-order valence-corrected chi connectivity index (χ3v) is 5.11. The van der Waals surface area contributed by atoms with Gasteiger partial charge in [0.1, 0.15) is 0 Å². The van der Waals surface area contributed by atoms with Crippen molar-refractivity contribution in [3.05, 3.63) is 56.6 Å². The summed E-state index contributed by atoms with van der Waals surface area (Å²) >= 11 is 7.63. The van der Waals surface area contributed by atoms with E-state index < -0.39 is 16.0 Å². The number of anilines is 1. The summed E-state index contributed by atoms with van der Waals surface area (Å²) in [5, 5.41) is 9.44. The molecule has 0 saturated carbocycles. The average molecular weight is 438 g/mol. The van der Waals surface area contributed by atoms with Crippen LogP contribution in [-0.2, 0) is 10.0 Å². The minimum atomic E-state index is -3.88. The number of benzene rings is 2. The van der Waals surface area contributed by atoms with Gasteiger partial charge in [0.05, 0.1) is 16.1 Å². The summed E-state index contributed by atoms with van der Waals surface area (Å²) in [6, 6.07) is 10.1. The number of hydrogen-bond donors (Lipinski definition) is 2. The van der Waals surface area contributed by atoms with E-state index in [-0.39, 0.29) is 10.5 Å². The minimum Gasteiger partial charge on any atom is -0.478 e. The Hall–Kier alpha value is -1.32. The topological polar surface area (TPSA) is 83.5 Å². The van der Waals surface area contributed by atoms with Crippen molar-refractivity contribution in [2.45, 2.75) is 4.90 Å². The van der Waals surface area contributed by atoms with Crippen LogP contribution in [0.15, 0.2) is 47.4 Å². The van der Waals surface area contributed by atoms with Gasteiger partial charge in [-0.1, -0.05) is 17.7 Å². The molecule has 0 aliphatic heterocycles. The maximum atomic E-state index is 12.2. The van der Waals surface area contributed by atoms with E-state index in [9.17, 15) is 13.2 Å². The number of halogens is 2. The summed E-state index contributed by atoms with van der Waals surface area (Å²) in [6.45, 7) is 0. The summed E-state index contributed by atoms with van der Waals surface area (Å²) < 4.78 is 27.3. The van der Waals surface area contributed by atoms with Gasteiger partial charge in [-0.2, -0.15) is 0 Å². The lowest BCUT2D eigenvalue weighted by molar-refractivity contribution is 0.0695. The van der Waals surface area contributed by atoms with Gasteiger partial charge in [-0.3, -0.25) is 4.72 Å². The fourth-order valence-corrected chi connectivity index (χ4v) is 3.43. The third-order valence-electron chi connectivity index (χ3n) is 2.56. The highest BCUT2D eigenvalue weighted by molar-refractivity contribution is 14.1. The van der Waals surface area contributed by atoms with Crippen LogP contribution < -0.4 is 4.72 Å². The second kappa shape index (κ2) is 6.20. The number of carboxylic acids is 1. The smallest absolute Gasteiger partial charge is 0.336 e. The zero-order chi connectivity index (χ0) is 15.6. The van der Waals surface area contributed by atoms with Gasteiger partial charge >= 0.3 is 5.97 Å². The molecule has 0 amide bonds. The molecule has 0 radical (unpaired) electrons. The molecular formula is C13H9ClINO4S. The number of aromatic carboxylic acids is 1. The summed E-state index contributed by atoms with van der Waals surface area (Å²) in [5.41, 5.74) is 0.238. The fraction of sp³-hybridized carbons (Fsp3) is 0. The highest BCUT2D eigenvalue weighted by Crippen LogP contribution is 2.22. The predicted molar refractivity (Wildman–Crippen MR) is 88.4 cm³/mol. The molecule has 0 spiro atoms. The van der Waals surface area contributed by atoms with Crippen molar-refractivity contribution >= 4 is 55.9 Å². The molecule has 0 fully saturated rings. The van der Waals surface area contributed by atoms with Crippen molar-refractivity contribution in [3.8, 4) is 0 Å². The van der Waals surface area contributed by atoms with Crippen LogP contribution in [0.1, 0.15) is 10.4 Å². The number of carbonyl (C=O) groups is 1. The molecule has 0 aliphatic carbocycles. The lowest BCUT2D eigenvalue weighted by atomic mass is 10.2. The van der Waals surface area contributed by atoms with Gasteiger partial charge in [-0.05, 0) is 59.0 Å². The maximum Gasteiger partial charge on any atom is 0.336 e. The molecule has 110 valence electrons. The molecule has 0 saturated heterocycles. The van der Waals surface area contributed by atoms with E-state index in [0.717, 1.165) is 6.07 Å². The van der Waals surface area contributed by atoms with E-state index in [0.29, 0.717) is 14.3 Å². The van der Waals surface area contributed by atoms with Crippen molar-refractivity contribution in [2.24, 2.45) is 0 Å². The Bertz CT molecular complexity index is 808. The Morgan fingerprint density at radius 2 is 1.90 bits per heavy atom. The largest absolute Gasteiger partial charge is 0.478 e. The standard InChI is InChI=1S/C13H9ClINO4S/c14-8-2-1-3-9(6-8)16-21(19,20)10-4-5-12(15)11(7-10)13(17)18/h1-7,16H,(H,17,18). The SMILES string of the molecule is O=C(O)c1cc(S(=O)(=O)Nc2cccc(Cl)c2)ccc1I. The van der Waals surface area contributed by atoms with Crippen LogP contribution >= 0.6 is 34.2 Å². The van der Waals surface area contributed by atoms with E-state index >= 15 is 0 Å². The summed E-state index contributed by atoms with van der Waals surface area (Å²) in [4.78, 5) is 10.9. The van der Waals surface area contributed by atoms with Gasteiger partial charge in [0, 0.05) is 8.59 Å². The fourth-order valence-electron chi connectivity index (χ4n) is 1.60. The zero-order valence-electron chi connectivity index (χ0n) is 10.4. The van der Waals surface area contributed by atoms with Gasteiger partial charge in [0.15, 0.2) is 0 Å². The lowest BCUT2D eigenvalue weighted by Gasteiger charge is -2.09. The Morgan fingerprint density at radius 1 is 1.19 bits per heavy atom. The molecule has 0 unspecified atom stereocenters. The van der Waals surface area contributed by atoms with E-state index in [1.54, 1.807) is 18.2 Å². The first-order chi connectivity index (χ1) is 9.79. The highest BCUT2D eigenvalue weighted by Gasteiger charge is 2.18. The molecule has 2 N–H and O–H groups in total. The Morgan fingerprint density at radius 3 is 2.52 bits per heavy atom. The first-order valence-electron chi connectivity index (χ1n) is 5.61. The van der Waals surface area contributed by atoms with Gasteiger partial charge in [-0.25, -0.2) is 13.2 Å². The van der Waals surface area contributed by atoms with Gasteiger partial charge in [0.25, 0.3) is 10.0 Å². The molecule has 2 rings (SSSR count). The van der Waals surface area contributed by atoms with Crippen LogP contribution in [0.3, 0.4) is 0 Å². The summed E-state index contributed by atoms with van der Waals surface area (Å²) in [5.74, 6) is -1.18. The van der Waals surface area contributed by atoms with Crippen LogP contribution in [0, 0.1) is 3.57 Å². The number of sulfonamides is 1. The lowest BCUT2D eigenvalue weighted by Crippen LogP contribution is -2.14. The van der Waals surface area contributed by atoms with Crippen LogP contribution in [0.5, 0.6) is 0 Å². The van der Waals surface area contributed by atoms with Crippen LogP contribution in [-0.4, -0.2) is 19.5 Å². The minimum absolute atomic E-state index is 0.0652. The molecule has 0 aromatic heterocycles. The van der Waals surface area contributed by atoms with Crippen LogP contribution in [0.4, 0.5) is 5.69 Å². The van der Waals surface area contributed by atoms with Gasteiger partial charge in [0.2, 0.25) is 0 Å². The normalized spacial score (nSPS) is 11.1. The molecule has 5 nitrogen and oxygen atoms in total. The van der Waals surface area contributed by atoms with E-state index in [1.807, 2.05) is 22.6 Å². The Labute approximate surface area is 140 Å². The second-order valence-corrected chi connectivity index (χ2v) is 7.34. The monoisotopic (exact) mass is 437 g/mol. The molecule has 2 aromatic carbocycles. The first-order valence-corrected chi connectivity index (χ1v) is 8.55. The molecule has 21 heavy (non-hydrogen) atoms. The molecule has 0 bridgehead atoms. The zero-order valence-corrected chi connectivity index (χ0v) is 14.1. The number of carboxylic acid groups (broad SMARTS) is 1. The second-order valence-electron chi connectivity index (χ2n) is 4.06. The molecule has 0 atom stereocenters. The highest BCUT2D eigenvalue weighted by atomic mass is 127. The summed E-state index contributed by atoms with van der Waals surface area (Å²) in [7, 11) is -3.88. The number of nitrogens with one attached hydrogen (secondary N) is 1. The molecule has 2 aromatic rings. The van der Waals surface area contributed by atoms with E-state index in [4.69, 9.17) is 16.7 Å². The predicted octanol–water partition coefficient (Wildman–Crippen LogP) is 3.44. The first kappa shape index (κ1) is 16.1. The number of hydrogen-bond acceptors (Lipinski definition) is 3. The van der Waals surface area contributed by atoms with Crippen molar-refractivity contribution in [2.75, 3.05) is 4.72 Å². The molecule has 8 heteroatoms. The number of rotatable bonds is 4. The average Bonchev–Trinajstić information content (AvgIpc) is 2.38. The third kappa shape index (κ3) is 3.86. The van der Waals surface area contributed by atoms with E-state index in [1.165, 1.54) is 18.2 Å². The van der Waals surface area contributed by atoms with Gasteiger partial charge in [-0.15, -0.1) is 0 Å². The maximum absolute atomic E-state index is 12.2. The van der Waals surface area contributed by atoms with Crippen LogP contribution in [0.2, 0.25) is 5.02 Å².